The predicted octanol–water partition coefficient (Wildman–Crippen LogP) is 4.00. The second-order valence-electron chi connectivity index (χ2n) is 3.28. The first-order valence-corrected chi connectivity index (χ1v) is 5.04. The third-order valence-electron chi connectivity index (χ3n) is 2.23. The third-order valence-corrected chi connectivity index (χ3v) is 2.48. The Morgan fingerprint density at radius 3 is 2.33 bits per heavy atom. The number of benzene rings is 2. The maximum Gasteiger partial charge on any atom is 0.0406 e. The molecule has 0 amide bonds. The first-order valence-electron chi connectivity index (χ1n) is 4.66. The number of hydrogen-bond donors (Lipinski definition) is 1. The Morgan fingerprint density at radius 2 is 1.67 bits per heavy atom. The van der Waals surface area contributed by atoms with E-state index in [1.54, 1.807) is 0 Å². The van der Waals surface area contributed by atoms with Gasteiger partial charge in [-0.15, -0.1) is 0 Å². The minimum absolute atomic E-state index is 0.738. The topological polar surface area (TPSA) is 23.9 Å². The van der Waals surface area contributed by atoms with Crippen LogP contribution >= 0.6 is 11.6 Å². The molecule has 2 heteroatoms. The van der Waals surface area contributed by atoms with Gasteiger partial charge < -0.3 is 5.41 Å². The Balaban J connectivity index is 2.44. The fourth-order valence-electron chi connectivity index (χ4n) is 1.45. The van der Waals surface area contributed by atoms with Crippen molar-refractivity contribution in [2.24, 2.45) is 0 Å². The Morgan fingerprint density at radius 1 is 0.933 bits per heavy atom. The molecule has 0 heterocycles. The van der Waals surface area contributed by atoms with Crippen LogP contribution in [0.4, 0.5) is 0 Å². The molecule has 74 valence electrons. The van der Waals surface area contributed by atoms with Crippen LogP contribution in [0.2, 0.25) is 5.02 Å². The van der Waals surface area contributed by atoms with E-state index in [0.717, 1.165) is 21.7 Å². The fraction of sp³-hybridized carbons (Fsp3) is 0. The summed E-state index contributed by atoms with van der Waals surface area (Å²) < 4.78 is 0. The number of nitrogens with one attached hydrogen (secondary N) is 1. The first kappa shape index (κ1) is 9.94. The molecule has 0 saturated carbocycles. The highest BCUT2D eigenvalue weighted by molar-refractivity contribution is 6.30. The third kappa shape index (κ3) is 2.25. The zero-order chi connectivity index (χ0) is 10.7. The summed E-state index contributed by atoms with van der Waals surface area (Å²) >= 11 is 5.82. The molecule has 15 heavy (non-hydrogen) atoms. The van der Waals surface area contributed by atoms with Crippen molar-refractivity contribution in [2.45, 2.75) is 0 Å². The molecule has 0 aromatic heterocycles. The first-order chi connectivity index (χ1) is 7.29. The summed E-state index contributed by atoms with van der Waals surface area (Å²) in [7, 11) is 0. The normalized spacial score (nSPS) is 9.93. The van der Waals surface area contributed by atoms with Gasteiger partial charge in [0, 0.05) is 11.2 Å². The van der Waals surface area contributed by atoms with Crippen molar-refractivity contribution >= 4 is 17.8 Å². The molecule has 1 N–H and O–H groups in total. The van der Waals surface area contributed by atoms with Crippen LogP contribution in [0.3, 0.4) is 0 Å². The minimum atomic E-state index is 0.738. The molecule has 0 fully saturated rings. The Kier molecular flexibility index (Phi) is 2.84. The lowest BCUT2D eigenvalue weighted by molar-refractivity contribution is 1.53. The molecule has 0 radical (unpaired) electrons. The molecular formula is C13H10ClN. The van der Waals surface area contributed by atoms with Gasteiger partial charge in [-0.2, -0.15) is 0 Å². The SMILES string of the molecule is N=Cc1cccc(-c2ccc(Cl)cc2)c1. The van der Waals surface area contributed by atoms with Crippen LogP contribution in [0.25, 0.3) is 11.1 Å². The van der Waals surface area contributed by atoms with E-state index in [1.807, 2.05) is 48.5 Å². The summed E-state index contributed by atoms with van der Waals surface area (Å²) in [6.45, 7) is 0. The summed E-state index contributed by atoms with van der Waals surface area (Å²) in [5, 5.41) is 7.93. The van der Waals surface area contributed by atoms with Gasteiger partial charge in [-0.05, 0) is 34.9 Å². The summed E-state index contributed by atoms with van der Waals surface area (Å²) in [5.41, 5.74) is 3.12. The van der Waals surface area contributed by atoms with Gasteiger partial charge in [0.15, 0.2) is 0 Å². The van der Waals surface area contributed by atoms with Crippen LogP contribution in [0, 0.1) is 5.41 Å². The van der Waals surface area contributed by atoms with E-state index < -0.39 is 0 Å². The maximum absolute atomic E-state index is 7.19. The molecule has 0 bridgehead atoms. The quantitative estimate of drug-likeness (QED) is 0.733. The zero-order valence-corrected chi connectivity index (χ0v) is 8.83. The summed E-state index contributed by atoms with van der Waals surface area (Å²) in [4.78, 5) is 0. The summed E-state index contributed by atoms with van der Waals surface area (Å²) in [6, 6.07) is 15.6. The van der Waals surface area contributed by atoms with Gasteiger partial charge in [0.05, 0.1) is 0 Å². The lowest BCUT2D eigenvalue weighted by atomic mass is 10.0. The van der Waals surface area contributed by atoms with Gasteiger partial charge >= 0.3 is 0 Å². The molecule has 0 spiro atoms. The smallest absolute Gasteiger partial charge is 0.0406 e. The number of rotatable bonds is 2. The molecule has 2 aromatic rings. The molecule has 0 aliphatic carbocycles. The highest BCUT2D eigenvalue weighted by Gasteiger charge is 1.97. The molecule has 0 saturated heterocycles. The molecule has 0 unspecified atom stereocenters. The van der Waals surface area contributed by atoms with E-state index in [1.165, 1.54) is 6.21 Å². The average molecular weight is 216 g/mol. The predicted molar refractivity (Wildman–Crippen MR) is 64.8 cm³/mol. The van der Waals surface area contributed by atoms with E-state index in [0.29, 0.717) is 0 Å². The number of hydrogen-bond acceptors (Lipinski definition) is 1. The van der Waals surface area contributed by atoms with Gasteiger partial charge in [0.2, 0.25) is 0 Å². The standard InChI is InChI=1S/C13H10ClN/c14-13-6-4-11(5-7-13)12-3-1-2-10(8-12)9-15/h1-9,15H. The summed E-state index contributed by atoms with van der Waals surface area (Å²) in [6.07, 6.45) is 1.35. The van der Waals surface area contributed by atoms with Gasteiger partial charge in [0.25, 0.3) is 0 Å². The zero-order valence-electron chi connectivity index (χ0n) is 8.07. The van der Waals surface area contributed by atoms with Crippen LogP contribution in [-0.4, -0.2) is 6.21 Å². The van der Waals surface area contributed by atoms with Crippen LogP contribution in [0.15, 0.2) is 48.5 Å². The van der Waals surface area contributed by atoms with E-state index in [2.05, 4.69) is 0 Å². The van der Waals surface area contributed by atoms with Crippen LogP contribution < -0.4 is 0 Å². The van der Waals surface area contributed by atoms with Crippen LogP contribution in [0.1, 0.15) is 5.56 Å². The molecule has 2 rings (SSSR count). The highest BCUT2D eigenvalue weighted by atomic mass is 35.5. The molecule has 0 aliphatic heterocycles. The minimum Gasteiger partial charge on any atom is -0.308 e. The van der Waals surface area contributed by atoms with Crippen molar-refractivity contribution in [2.75, 3.05) is 0 Å². The van der Waals surface area contributed by atoms with E-state index in [9.17, 15) is 0 Å². The van der Waals surface area contributed by atoms with Gasteiger partial charge in [-0.25, -0.2) is 0 Å². The van der Waals surface area contributed by atoms with E-state index in [-0.39, 0.29) is 0 Å². The van der Waals surface area contributed by atoms with Crippen molar-refractivity contribution in [1.82, 2.24) is 0 Å². The molecule has 0 atom stereocenters. The maximum atomic E-state index is 7.19. The lowest BCUT2D eigenvalue weighted by Gasteiger charge is -2.02. The van der Waals surface area contributed by atoms with Crippen molar-refractivity contribution < 1.29 is 0 Å². The van der Waals surface area contributed by atoms with Crippen molar-refractivity contribution in [1.29, 1.82) is 5.41 Å². The van der Waals surface area contributed by atoms with Gasteiger partial charge in [-0.3, -0.25) is 0 Å². The van der Waals surface area contributed by atoms with E-state index >= 15 is 0 Å². The second-order valence-corrected chi connectivity index (χ2v) is 3.71. The second kappa shape index (κ2) is 4.28. The Bertz CT molecular complexity index is 474. The molecule has 2 aromatic carbocycles. The number of halogens is 1. The van der Waals surface area contributed by atoms with Crippen molar-refractivity contribution in [3.63, 3.8) is 0 Å². The Hall–Kier alpha value is -1.60. The monoisotopic (exact) mass is 215 g/mol. The van der Waals surface area contributed by atoms with Crippen LogP contribution in [-0.2, 0) is 0 Å². The van der Waals surface area contributed by atoms with E-state index in [4.69, 9.17) is 17.0 Å². The Labute approximate surface area is 93.8 Å². The van der Waals surface area contributed by atoms with Crippen molar-refractivity contribution in [3.8, 4) is 11.1 Å². The lowest BCUT2D eigenvalue weighted by Crippen LogP contribution is -1.82. The molecular weight excluding hydrogens is 206 g/mol. The highest BCUT2D eigenvalue weighted by Crippen LogP contribution is 2.21. The van der Waals surface area contributed by atoms with Gasteiger partial charge in [-0.1, -0.05) is 41.9 Å². The summed E-state index contributed by atoms with van der Waals surface area (Å²) in [5.74, 6) is 0. The average Bonchev–Trinajstić information content (AvgIpc) is 2.30. The fourth-order valence-corrected chi connectivity index (χ4v) is 1.58. The largest absolute Gasteiger partial charge is 0.308 e. The molecule has 1 nitrogen and oxygen atoms in total. The van der Waals surface area contributed by atoms with Crippen LogP contribution in [0.5, 0.6) is 0 Å². The molecule has 0 aliphatic rings. The van der Waals surface area contributed by atoms with Crippen molar-refractivity contribution in [3.05, 3.63) is 59.1 Å². The van der Waals surface area contributed by atoms with Gasteiger partial charge in [0.1, 0.15) is 0 Å².